The highest BCUT2D eigenvalue weighted by molar-refractivity contribution is 4.68. The standard InChI is InChI=1S/C34H70N.H2O/c1-4-7-9-10-11-12-13-14-15-16-17-18-19-20-21-22-23-24-28-33-35(31-6-3,32-8-5-2)34-29-26-25-27-30-34;/h34H,4-33H2,1-3H3;1H2/q+1;/p-1. The van der Waals surface area contributed by atoms with Crippen LogP contribution in [0.1, 0.15) is 194 Å². The molecule has 0 saturated heterocycles. The first-order valence-corrected chi connectivity index (χ1v) is 17.1. The van der Waals surface area contributed by atoms with E-state index in [9.17, 15) is 0 Å². The van der Waals surface area contributed by atoms with Gasteiger partial charge in [-0.1, -0.05) is 143 Å². The van der Waals surface area contributed by atoms with Crippen molar-refractivity contribution in [3.63, 3.8) is 0 Å². The molecule has 0 amide bonds. The van der Waals surface area contributed by atoms with Gasteiger partial charge in [0.05, 0.1) is 25.7 Å². The van der Waals surface area contributed by atoms with E-state index in [4.69, 9.17) is 0 Å². The number of nitrogens with zero attached hydrogens (tertiary/aromatic N) is 1. The Bertz CT molecular complexity index is 419. The van der Waals surface area contributed by atoms with Crippen LogP contribution in [0.25, 0.3) is 0 Å². The Kier molecular flexibility index (Phi) is 26.5. The van der Waals surface area contributed by atoms with Crippen molar-refractivity contribution in [2.75, 3.05) is 19.6 Å². The van der Waals surface area contributed by atoms with Gasteiger partial charge in [0.15, 0.2) is 0 Å². The van der Waals surface area contributed by atoms with E-state index in [0.29, 0.717) is 0 Å². The minimum absolute atomic E-state index is 0. The lowest BCUT2D eigenvalue weighted by molar-refractivity contribution is -0.953. The van der Waals surface area contributed by atoms with E-state index >= 15 is 0 Å². The zero-order valence-electron chi connectivity index (χ0n) is 25.7. The third kappa shape index (κ3) is 18.2. The molecular weight excluding hydrogens is 438 g/mol. The summed E-state index contributed by atoms with van der Waals surface area (Å²) in [6.45, 7) is 11.5. The van der Waals surface area contributed by atoms with E-state index in [1.54, 1.807) is 0 Å². The Hall–Kier alpha value is -0.0800. The average molecular weight is 510 g/mol. The summed E-state index contributed by atoms with van der Waals surface area (Å²) in [7, 11) is 0. The molecule has 0 aromatic heterocycles. The van der Waals surface area contributed by atoms with Crippen LogP contribution in [-0.4, -0.2) is 35.6 Å². The average Bonchev–Trinajstić information content (AvgIpc) is 2.89. The van der Waals surface area contributed by atoms with Gasteiger partial charge in [-0.2, -0.15) is 0 Å². The van der Waals surface area contributed by atoms with E-state index in [1.165, 1.54) is 197 Å². The molecule has 36 heavy (non-hydrogen) atoms. The number of hydrogen-bond acceptors (Lipinski definition) is 1. The van der Waals surface area contributed by atoms with Gasteiger partial charge in [0, 0.05) is 0 Å². The van der Waals surface area contributed by atoms with Gasteiger partial charge < -0.3 is 9.96 Å². The predicted molar refractivity (Wildman–Crippen MR) is 162 cm³/mol. The zero-order chi connectivity index (χ0) is 25.3. The minimum atomic E-state index is 0. The quantitative estimate of drug-likeness (QED) is 0.0842. The predicted octanol–water partition coefficient (Wildman–Crippen LogP) is 11.6. The lowest BCUT2D eigenvalue weighted by Gasteiger charge is -2.47. The molecule has 1 unspecified atom stereocenters. The van der Waals surface area contributed by atoms with Crippen LogP contribution in [0.15, 0.2) is 0 Å². The fraction of sp³-hybridized carbons (Fsp3) is 1.00. The molecule has 1 aliphatic rings. The second kappa shape index (κ2) is 26.5. The van der Waals surface area contributed by atoms with E-state index in [-0.39, 0.29) is 5.48 Å². The molecule has 0 heterocycles. The summed E-state index contributed by atoms with van der Waals surface area (Å²) in [4.78, 5) is 0. The fourth-order valence-corrected chi connectivity index (χ4v) is 6.94. The Morgan fingerprint density at radius 2 is 0.750 bits per heavy atom. The Balaban J connectivity index is 0.0000122. The molecule has 0 aromatic carbocycles. The monoisotopic (exact) mass is 510 g/mol. The topological polar surface area (TPSA) is 30.0 Å². The highest BCUT2D eigenvalue weighted by Gasteiger charge is 2.35. The summed E-state index contributed by atoms with van der Waals surface area (Å²) >= 11 is 0. The van der Waals surface area contributed by atoms with E-state index in [0.717, 1.165) is 6.04 Å². The van der Waals surface area contributed by atoms with E-state index in [1.807, 2.05) is 0 Å². The maximum atomic E-state index is 2.43. The van der Waals surface area contributed by atoms with Crippen LogP contribution in [0, 0.1) is 0 Å². The third-order valence-electron chi connectivity index (χ3n) is 9.18. The SMILES string of the molecule is CCCCCCCCCCCCCCCCCCCCC[N+](CCC)(CCCC)C1CCCCC1.[OH-]. The molecule has 0 aromatic rings. The molecule has 218 valence electrons. The molecule has 1 N–H and O–H groups in total. The molecule has 0 radical (unpaired) electrons. The zero-order valence-corrected chi connectivity index (χ0v) is 25.7. The van der Waals surface area contributed by atoms with Gasteiger partial charge in [-0.05, 0) is 51.4 Å². The summed E-state index contributed by atoms with van der Waals surface area (Å²) in [5.74, 6) is 0. The van der Waals surface area contributed by atoms with Crippen molar-refractivity contribution in [3.05, 3.63) is 0 Å². The van der Waals surface area contributed by atoms with Gasteiger partial charge in [-0.3, -0.25) is 0 Å². The van der Waals surface area contributed by atoms with Crippen LogP contribution in [0.5, 0.6) is 0 Å². The van der Waals surface area contributed by atoms with Gasteiger partial charge in [0.1, 0.15) is 0 Å². The molecule has 0 aliphatic heterocycles. The van der Waals surface area contributed by atoms with Crippen molar-refractivity contribution in [3.8, 4) is 0 Å². The molecule has 1 atom stereocenters. The van der Waals surface area contributed by atoms with Crippen LogP contribution in [0.3, 0.4) is 0 Å². The first-order valence-electron chi connectivity index (χ1n) is 17.1. The minimum Gasteiger partial charge on any atom is -0.870 e. The number of quaternary nitrogens is 1. The van der Waals surface area contributed by atoms with Gasteiger partial charge in [0.2, 0.25) is 0 Å². The summed E-state index contributed by atoms with van der Waals surface area (Å²) in [6, 6.07) is 0.991. The van der Waals surface area contributed by atoms with Crippen LogP contribution >= 0.6 is 0 Å². The van der Waals surface area contributed by atoms with Gasteiger partial charge in [-0.15, -0.1) is 0 Å². The molecule has 1 rings (SSSR count). The van der Waals surface area contributed by atoms with Crippen LogP contribution < -0.4 is 0 Å². The summed E-state index contributed by atoms with van der Waals surface area (Å²) in [6.07, 6.45) is 39.8. The van der Waals surface area contributed by atoms with Crippen LogP contribution in [-0.2, 0) is 0 Å². The van der Waals surface area contributed by atoms with Crippen LogP contribution in [0.4, 0.5) is 0 Å². The van der Waals surface area contributed by atoms with Gasteiger partial charge in [-0.25, -0.2) is 0 Å². The van der Waals surface area contributed by atoms with E-state index in [2.05, 4.69) is 20.8 Å². The lowest BCUT2D eigenvalue weighted by atomic mass is 9.91. The molecule has 1 fully saturated rings. The highest BCUT2D eigenvalue weighted by atomic mass is 16.0. The number of unbranched alkanes of at least 4 members (excludes halogenated alkanes) is 19. The van der Waals surface area contributed by atoms with Crippen molar-refractivity contribution < 1.29 is 9.96 Å². The summed E-state index contributed by atoms with van der Waals surface area (Å²) < 4.78 is 1.49. The Morgan fingerprint density at radius 3 is 1.14 bits per heavy atom. The van der Waals surface area contributed by atoms with Crippen molar-refractivity contribution in [2.24, 2.45) is 0 Å². The lowest BCUT2D eigenvalue weighted by Crippen LogP contribution is -2.57. The molecular formula is C34H71NO. The summed E-state index contributed by atoms with van der Waals surface area (Å²) in [5, 5.41) is 0. The normalized spacial score (nSPS) is 16.1. The second-order valence-corrected chi connectivity index (χ2v) is 12.4. The Labute approximate surface area is 229 Å². The maximum Gasteiger partial charge on any atom is 0.0890 e. The highest BCUT2D eigenvalue weighted by Crippen LogP contribution is 2.30. The molecule has 1 saturated carbocycles. The maximum absolute atomic E-state index is 2.43. The fourth-order valence-electron chi connectivity index (χ4n) is 6.94. The number of rotatable bonds is 26. The number of hydrogen-bond donors (Lipinski definition) is 0. The first-order chi connectivity index (χ1) is 17.3. The first kappa shape index (κ1) is 35.9. The van der Waals surface area contributed by atoms with Gasteiger partial charge in [0.25, 0.3) is 0 Å². The largest absolute Gasteiger partial charge is 0.870 e. The molecule has 2 heteroatoms. The second-order valence-electron chi connectivity index (χ2n) is 12.4. The van der Waals surface area contributed by atoms with Crippen molar-refractivity contribution >= 4 is 0 Å². The van der Waals surface area contributed by atoms with E-state index < -0.39 is 0 Å². The van der Waals surface area contributed by atoms with Crippen molar-refractivity contribution in [1.29, 1.82) is 0 Å². The van der Waals surface area contributed by atoms with Crippen molar-refractivity contribution in [1.82, 2.24) is 0 Å². The molecule has 2 nitrogen and oxygen atoms in total. The smallest absolute Gasteiger partial charge is 0.0890 e. The molecule has 0 spiro atoms. The molecule has 1 aliphatic carbocycles. The summed E-state index contributed by atoms with van der Waals surface area (Å²) in [5.41, 5.74) is 0. The van der Waals surface area contributed by atoms with Crippen molar-refractivity contribution in [2.45, 2.75) is 200 Å². The van der Waals surface area contributed by atoms with Crippen LogP contribution in [0.2, 0.25) is 0 Å². The Morgan fingerprint density at radius 1 is 0.389 bits per heavy atom. The molecule has 0 bridgehead atoms. The van der Waals surface area contributed by atoms with Gasteiger partial charge >= 0.3 is 0 Å². The third-order valence-corrected chi connectivity index (χ3v) is 9.18.